The minimum atomic E-state index is -0.397. The van der Waals surface area contributed by atoms with Gasteiger partial charge in [-0.05, 0) is 41.5 Å². The van der Waals surface area contributed by atoms with Gasteiger partial charge in [-0.3, -0.25) is 10.1 Å². The van der Waals surface area contributed by atoms with Gasteiger partial charge in [-0.2, -0.15) is 0 Å². The van der Waals surface area contributed by atoms with Gasteiger partial charge in [0.15, 0.2) is 0 Å². The first kappa shape index (κ1) is 17.5. The zero-order valence-electron chi connectivity index (χ0n) is 15.0. The average Bonchev–Trinajstić information content (AvgIpc) is 2.75. The van der Waals surface area contributed by atoms with Gasteiger partial charge >= 0.3 is 0 Å². The van der Waals surface area contributed by atoms with E-state index in [-0.39, 0.29) is 5.69 Å². The predicted octanol–water partition coefficient (Wildman–Crippen LogP) is 6.09. The molecule has 4 rings (SSSR count). The highest BCUT2D eigenvalue weighted by atomic mass is 16.6. The van der Waals surface area contributed by atoms with Gasteiger partial charge in [0.05, 0.1) is 4.92 Å². The van der Waals surface area contributed by atoms with Crippen LogP contribution in [0.3, 0.4) is 0 Å². The molecule has 3 aromatic carbocycles. The molecular formula is C24H17NO3. The second kappa shape index (κ2) is 7.76. The molecular weight excluding hydrogens is 350 g/mol. The van der Waals surface area contributed by atoms with Crippen LogP contribution in [0.1, 0.15) is 16.7 Å². The van der Waals surface area contributed by atoms with Gasteiger partial charge in [0.25, 0.3) is 5.69 Å². The molecule has 28 heavy (non-hydrogen) atoms. The summed E-state index contributed by atoms with van der Waals surface area (Å²) in [6.07, 6.45) is 5.94. The molecule has 1 aliphatic rings. The lowest BCUT2D eigenvalue weighted by Gasteiger charge is -2.19. The fourth-order valence-corrected chi connectivity index (χ4v) is 2.98. The molecule has 0 unspecified atom stereocenters. The number of allylic oxidation sites excluding steroid dienone is 3. The van der Waals surface area contributed by atoms with Gasteiger partial charge < -0.3 is 4.74 Å². The first-order valence-electron chi connectivity index (χ1n) is 8.87. The fourth-order valence-electron chi connectivity index (χ4n) is 2.98. The second-order valence-electron chi connectivity index (χ2n) is 6.34. The standard InChI is InChI=1S/C24H17NO3/c26-25(27)22-13-11-18(12-14-22)15-19-16-23(20-7-3-1-4-8-20)28-24(17-19)21-9-5-2-6-10-21/h1-17H. The lowest BCUT2D eigenvalue weighted by atomic mass is 10.0. The van der Waals surface area contributed by atoms with E-state index in [0.717, 1.165) is 33.8 Å². The lowest BCUT2D eigenvalue weighted by Crippen LogP contribution is -1.99. The number of rotatable bonds is 4. The smallest absolute Gasteiger partial charge is 0.269 e. The van der Waals surface area contributed by atoms with Gasteiger partial charge in [0.1, 0.15) is 11.5 Å². The van der Waals surface area contributed by atoms with E-state index in [9.17, 15) is 10.1 Å². The molecule has 0 fully saturated rings. The highest BCUT2D eigenvalue weighted by molar-refractivity contribution is 5.80. The van der Waals surface area contributed by atoms with Crippen LogP contribution in [0.25, 0.3) is 17.6 Å². The first-order chi connectivity index (χ1) is 13.7. The Morgan fingerprint density at radius 2 is 1.21 bits per heavy atom. The van der Waals surface area contributed by atoms with E-state index in [1.54, 1.807) is 12.1 Å². The summed E-state index contributed by atoms with van der Waals surface area (Å²) in [6, 6.07) is 26.3. The molecule has 1 aliphatic heterocycles. The summed E-state index contributed by atoms with van der Waals surface area (Å²) in [5.74, 6) is 1.52. The molecule has 4 nitrogen and oxygen atoms in total. The number of nitro groups is 1. The number of benzene rings is 3. The second-order valence-corrected chi connectivity index (χ2v) is 6.34. The van der Waals surface area contributed by atoms with Crippen molar-refractivity contribution in [2.75, 3.05) is 0 Å². The molecule has 0 aromatic heterocycles. The highest BCUT2D eigenvalue weighted by Crippen LogP contribution is 2.32. The highest BCUT2D eigenvalue weighted by Gasteiger charge is 2.15. The molecule has 0 spiro atoms. The van der Waals surface area contributed by atoms with Crippen molar-refractivity contribution in [3.63, 3.8) is 0 Å². The summed E-state index contributed by atoms with van der Waals surface area (Å²) in [5, 5.41) is 10.9. The topological polar surface area (TPSA) is 52.4 Å². The maximum absolute atomic E-state index is 10.9. The summed E-state index contributed by atoms with van der Waals surface area (Å²) in [6.45, 7) is 0. The Labute approximate surface area is 162 Å². The molecule has 0 radical (unpaired) electrons. The van der Waals surface area contributed by atoms with Gasteiger partial charge in [0, 0.05) is 23.3 Å². The molecule has 0 saturated carbocycles. The number of hydrogen-bond donors (Lipinski definition) is 0. The average molecular weight is 367 g/mol. The van der Waals surface area contributed by atoms with E-state index in [1.165, 1.54) is 12.1 Å². The third-order valence-corrected chi connectivity index (χ3v) is 4.37. The van der Waals surface area contributed by atoms with E-state index < -0.39 is 4.92 Å². The van der Waals surface area contributed by atoms with Gasteiger partial charge in [-0.25, -0.2) is 0 Å². The largest absolute Gasteiger partial charge is 0.456 e. The van der Waals surface area contributed by atoms with Crippen LogP contribution in [0.4, 0.5) is 5.69 Å². The Morgan fingerprint density at radius 1 is 0.714 bits per heavy atom. The quantitative estimate of drug-likeness (QED) is 0.414. The molecule has 1 heterocycles. The Bertz CT molecular complexity index is 1020. The third kappa shape index (κ3) is 3.91. The van der Waals surface area contributed by atoms with E-state index in [0.29, 0.717) is 0 Å². The number of non-ortho nitro benzene ring substituents is 1. The van der Waals surface area contributed by atoms with Crippen molar-refractivity contribution in [2.45, 2.75) is 0 Å². The summed E-state index contributed by atoms with van der Waals surface area (Å²) in [7, 11) is 0. The normalized spacial score (nSPS) is 13.2. The Kier molecular flexibility index (Phi) is 4.85. The summed E-state index contributed by atoms with van der Waals surface area (Å²) in [4.78, 5) is 10.5. The molecule has 136 valence electrons. The van der Waals surface area contributed by atoms with Crippen molar-refractivity contribution in [3.8, 4) is 0 Å². The number of hydrogen-bond acceptors (Lipinski definition) is 3. The SMILES string of the molecule is O=[N+]([O-])c1ccc(C=C2C=C(c3ccccc3)OC(c3ccccc3)=C2)cc1. The van der Waals surface area contributed by atoms with E-state index in [4.69, 9.17) is 4.74 Å². The van der Waals surface area contributed by atoms with Gasteiger partial charge in [0.2, 0.25) is 0 Å². The van der Waals surface area contributed by atoms with E-state index >= 15 is 0 Å². The number of nitrogens with zero attached hydrogens (tertiary/aromatic N) is 1. The molecule has 0 aliphatic carbocycles. The van der Waals surface area contributed by atoms with Crippen LogP contribution in [0.2, 0.25) is 0 Å². The third-order valence-electron chi connectivity index (χ3n) is 4.37. The maximum Gasteiger partial charge on any atom is 0.269 e. The van der Waals surface area contributed by atoms with Gasteiger partial charge in [-0.1, -0.05) is 60.7 Å². The zero-order valence-corrected chi connectivity index (χ0v) is 15.0. The van der Waals surface area contributed by atoms with Crippen LogP contribution in [-0.4, -0.2) is 4.92 Å². The van der Waals surface area contributed by atoms with Crippen LogP contribution in [0.5, 0.6) is 0 Å². The molecule has 3 aromatic rings. The minimum absolute atomic E-state index is 0.0789. The summed E-state index contributed by atoms with van der Waals surface area (Å²) >= 11 is 0. The first-order valence-corrected chi connectivity index (χ1v) is 8.87. The minimum Gasteiger partial charge on any atom is -0.456 e. The molecule has 0 bridgehead atoms. The number of ether oxygens (including phenoxy) is 1. The molecule has 4 heteroatoms. The Morgan fingerprint density at radius 3 is 1.68 bits per heavy atom. The molecule has 0 amide bonds. The van der Waals surface area contributed by atoms with E-state index in [1.807, 2.05) is 78.9 Å². The van der Waals surface area contributed by atoms with Crippen molar-refractivity contribution in [2.24, 2.45) is 0 Å². The van der Waals surface area contributed by atoms with Crippen molar-refractivity contribution >= 4 is 23.3 Å². The zero-order chi connectivity index (χ0) is 19.3. The molecule has 0 N–H and O–H groups in total. The molecule has 0 atom stereocenters. The Hall–Kier alpha value is -3.92. The summed E-state index contributed by atoms with van der Waals surface area (Å²) < 4.78 is 6.17. The van der Waals surface area contributed by atoms with Crippen LogP contribution in [-0.2, 0) is 4.74 Å². The lowest BCUT2D eigenvalue weighted by molar-refractivity contribution is -0.384. The van der Waals surface area contributed by atoms with Crippen molar-refractivity contribution in [1.29, 1.82) is 0 Å². The predicted molar refractivity (Wildman–Crippen MR) is 111 cm³/mol. The maximum atomic E-state index is 10.9. The Balaban J connectivity index is 1.75. The van der Waals surface area contributed by atoms with Crippen LogP contribution in [0, 0.1) is 10.1 Å². The van der Waals surface area contributed by atoms with Crippen LogP contribution in [0.15, 0.2) is 103 Å². The van der Waals surface area contributed by atoms with Crippen molar-refractivity contribution < 1.29 is 9.66 Å². The van der Waals surface area contributed by atoms with Crippen LogP contribution < -0.4 is 0 Å². The van der Waals surface area contributed by atoms with E-state index in [2.05, 4.69) is 0 Å². The van der Waals surface area contributed by atoms with Crippen LogP contribution >= 0.6 is 0 Å². The van der Waals surface area contributed by atoms with Gasteiger partial charge in [-0.15, -0.1) is 0 Å². The summed E-state index contributed by atoms with van der Waals surface area (Å²) in [5.41, 5.74) is 3.89. The fraction of sp³-hybridized carbons (Fsp3) is 0. The molecule has 0 saturated heterocycles. The monoisotopic (exact) mass is 367 g/mol. The van der Waals surface area contributed by atoms with Crippen molar-refractivity contribution in [3.05, 3.63) is 129 Å². The number of nitro benzene ring substituents is 1. The van der Waals surface area contributed by atoms with Crippen molar-refractivity contribution in [1.82, 2.24) is 0 Å².